The molecule has 0 saturated carbocycles. The van der Waals surface area contributed by atoms with Crippen molar-refractivity contribution in [1.82, 2.24) is 14.7 Å². The van der Waals surface area contributed by atoms with E-state index in [0.29, 0.717) is 29.7 Å². The molecular formula is C24H33ClN4O4. The van der Waals surface area contributed by atoms with Gasteiger partial charge in [-0.2, -0.15) is 9.78 Å². The Morgan fingerprint density at radius 1 is 1.24 bits per heavy atom. The van der Waals surface area contributed by atoms with Crippen LogP contribution in [0.2, 0.25) is 5.02 Å². The van der Waals surface area contributed by atoms with Crippen molar-refractivity contribution < 1.29 is 14.6 Å². The number of benzene rings is 1. The largest absolute Gasteiger partial charge is 0.508 e. The lowest BCUT2D eigenvalue weighted by molar-refractivity contribution is -0.133. The summed E-state index contributed by atoms with van der Waals surface area (Å²) in [5, 5.41) is 16.7. The van der Waals surface area contributed by atoms with Crippen LogP contribution < -0.4 is 10.9 Å². The van der Waals surface area contributed by atoms with Gasteiger partial charge in [0, 0.05) is 32.2 Å². The van der Waals surface area contributed by atoms with Crippen LogP contribution in [-0.4, -0.2) is 58.5 Å². The number of amides is 1. The fourth-order valence-corrected chi connectivity index (χ4v) is 4.05. The average molecular weight is 477 g/mol. The second-order valence-corrected chi connectivity index (χ2v) is 9.13. The van der Waals surface area contributed by atoms with Gasteiger partial charge in [0.1, 0.15) is 10.8 Å². The van der Waals surface area contributed by atoms with Crippen molar-refractivity contribution in [2.75, 3.05) is 38.2 Å². The minimum Gasteiger partial charge on any atom is -0.508 e. The zero-order valence-corrected chi connectivity index (χ0v) is 20.1. The minimum atomic E-state index is -0.401. The molecule has 8 nitrogen and oxygen atoms in total. The minimum absolute atomic E-state index is 0.102. The summed E-state index contributed by atoms with van der Waals surface area (Å²) in [4.78, 5) is 25.6. The first-order chi connectivity index (χ1) is 15.9. The molecule has 1 atom stereocenters. The molecule has 0 spiro atoms. The number of hydrogen-bond acceptors (Lipinski definition) is 6. The summed E-state index contributed by atoms with van der Waals surface area (Å²) in [6.07, 6.45) is 6.08. The summed E-state index contributed by atoms with van der Waals surface area (Å²) in [6.45, 7) is 8.13. The highest BCUT2D eigenvalue weighted by Crippen LogP contribution is 2.20. The van der Waals surface area contributed by atoms with E-state index in [2.05, 4.69) is 10.4 Å². The zero-order valence-electron chi connectivity index (χ0n) is 19.3. The number of nitrogens with one attached hydrogen (secondary N) is 1. The number of anilines is 1. The molecule has 1 unspecified atom stereocenters. The van der Waals surface area contributed by atoms with Gasteiger partial charge in [0.15, 0.2) is 0 Å². The molecule has 1 aromatic heterocycles. The van der Waals surface area contributed by atoms with Gasteiger partial charge in [-0.25, -0.2) is 0 Å². The van der Waals surface area contributed by atoms with Crippen LogP contribution in [0.5, 0.6) is 5.75 Å². The van der Waals surface area contributed by atoms with Gasteiger partial charge in [0.05, 0.1) is 24.2 Å². The van der Waals surface area contributed by atoms with Crippen LogP contribution in [0.15, 0.2) is 35.3 Å². The van der Waals surface area contributed by atoms with E-state index in [1.807, 2.05) is 18.7 Å². The average Bonchev–Trinajstić information content (AvgIpc) is 3.36. The molecule has 2 N–H and O–H groups in total. The van der Waals surface area contributed by atoms with Crippen LogP contribution in [0.1, 0.15) is 39.5 Å². The predicted octanol–water partition coefficient (Wildman–Crippen LogP) is 3.69. The smallest absolute Gasteiger partial charge is 0.292 e. The highest BCUT2D eigenvalue weighted by molar-refractivity contribution is 6.32. The number of aromatic hydroxyl groups is 1. The van der Waals surface area contributed by atoms with E-state index in [4.69, 9.17) is 16.3 Å². The third-order valence-corrected chi connectivity index (χ3v) is 6.13. The number of hydrogen-bond donors (Lipinski definition) is 2. The molecule has 9 heteroatoms. The van der Waals surface area contributed by atoms with E-state index in [-0.39, 0.29) is 16.7 Å². The lowest BCUT2D eigenvalue weighted by Gasteiger charge is -2.22. The fraction of sp³-hybridized carbons (Fsp3) is 0.542. The maximum atomic E-state index is 12.4. The highest BCUT2D eigenvalue weighted by atomic mass is 35.5. The van der Waals surface area contributed by atoms with Gasteiger partial charge in [0.25, 0.3) is 5.56 Å². The number of phenols is 1. The van der Waals surface area contributed by atoms with Gasteiger partial charge >= 0.3 is 0 Å². The number of nitrogens with zero attached hydrogens (tertiary/aromatic N) is 3. The third-order valence-electron chi connectivity index (χ3n) is 5.76. The number of ether oxygens (including phenoxy) is 1. The molecule has 0 radical (unpaired) electrons. The number of phenolic OH excluding ortho intramolecular Hbond substituents is 1. The van der Waals surface area contributed by atoms with Crippen molar-refractivity contribution >= 4 is 23.2 Å². The number of rotatable bonds is 5. The molecule has 2 aromatic rings. The molecule has 1 aromatic carbocycles. The summed E-state index contributed by atoms with van der Waals surface area (Å²) in [6, 6.07) is 6.19. The van der Waals surface area contributed by atoms with Gasteiger partial charge < -0.3 is 20.1 Å². The summed E-state index contributed by atoms with van der Waals surface area (Å²) in [5.41, 5.74) is 0.668. The molecule has 0 aliphatic carbocycles. The van der Waals surface area contributed by atoms with Crippen LogP contribution in [0, 0.1) is 11.8 Å². The second kappa shape index (κ2) is 12.0. The highest BCUT2D eigenvalue weighted by Gasteiger charge is 2.19. The van der Waals surface area contributed by atoms with Crippen LogP contribution in [0.4, 0.5) is 5.69 Å². The maximum Gasteiger partial charge on any atom is 0.292 e. The predicted molar refractivity (Wildman–Crippen MR) is 129 cm³/mol. The molecule has 0 bridgehead atoms. The first-order valence-corrected chi connectivity index (χ1v) is 11.9. The Morgan fingerprint density at radius 2 is 1.94 bits per heavy atom. The van der Waals surface area contributed by atoms with E-state index < -0.39 is 5.56 Å². The van der Waals surface area contributed by atoms with Gasteiger partial charge in [0.2, 0.25) is 5.91 Å². The summed E-state index contributed by atoms with van der Waals surface area (Å²) >= 11 is 6.18. The van der Waals surface area contributed by atoms with Crippen molar-refractivity contribution in [3.05, 3.63) is 45.8 Å². The molecule has 1 amide bonds. The first-order valence-electron chi connectivity index (χ1n) is 11.5. The quantitative estimate of drug-likeness (QED) is 0.683. The number of carbonyl (C=O) groups excluding carboxylic acids is 1. The fourth-order valence-electron chi connectivity index (χ4n) is 3.86. The molecule has 2 aliphatic rings. The molecule has 4 rings (SSSR count). The number of halogens is 1. The van der Waals surface area contributed by atoms with Crippen LogP contribution in [0.3, 0.4) is 0 Å². The van der Waals surface area contributed by atoms with E-state index >= 15 is 0 Å². The summed E-state index contributed by atoms with van der Waals surface area (Å²) < 4.78 is 6.64. The first kappa shape index (κ1) is 25.1. The molecule has 2 fully saturated rings. The maximum absolute atomic E-state index is 12.4. The molecule has 2 saturated heterocycles. The summed E-state index contributed by atoms with van der Waals surface area (Å²) in [7, 11) is 0. The van der Waals surface area contributed by atoms with E-state index in [0.717, 1.165) is 39.1 Å². The lowest BCUT2D eigenvalue weighted by atomic mass is 10.0. The molecule has 2 aliphatic heterocycles. The van der Waals surface area contributed by atoms with Crippen molar-refractivity contribution in [1.29, 1.82) is 0 Å². The van der Waals surface area contributed by atoms with Crippen molar-refractivity contribution in [2.45, 2.75) is 39.5 Å². The zero-order chi connectivity index (χ0) is 23.8. The number of carbonyl (C=O) groups is 1. The van der Waals surface area contributed by atoms with Crippen LogP contribution in [-0.2, 0) is 9.53 Å². The molecule has 3 heterocycles. The Morgan fingerprint density at radius 3 is 2.55 bits per heavy atom. The normalized spacial score (nSPS) is 18.1. The Bertz CT molecular complexity index is 965. The topological polar surface area (TPSA) is 96.7 Å². The third kappa shape index (κ3) is 6.95. The second-order valence-electron chi connectivity index (χ2n) is 8.76. The standard InChI is InChI=1S/C16H18ClN3O3.C8H15NO/c17-15-14(18-8-11-2-1-7-23-10-11)9-19-20(16(15)22)12-3-5-13(21)6-4-12;1-7(2)8(10)9-5-3-4-6-9/h3-6,9,11,18,21H,1-2,7-8,10H2;7H,3-6H2,1-2H3. The Kier molecular flexibility index (Phi) is 9.14. The Hall–Kier alpha value is -2.58. The number of aromatic nitrogens is 2. The lowest BCUT2D eigenvalue weighted by Crippen LogP contribution is -2.31. The van der Waals surface area contributed by atoms with Gasteiger partial charge in [-0.3, -0.25) is 9.59 Å². The number of likely N-dealkylation sites (tertiary alicyclic amines) is 1. The Labute approximate surface area is 199 Å². The monoisotopic (exact) mass is 476 g/mol. The molecular weight excluding hydrogens is 444 g/mol. The van der Waals surface area contributed by atoms with E-state index in [1.165, 1.54) is 29.7 Å². The van der Waals surface area contributed by atoms with E-state index in [1.54, 1.807) is 18.3 Å². The van der Waals surface area contributed by atoms with Gasteiger partial charge in [-0.1, -0.05) is 25.4 Å². The van der Waals surface area contributed by atoms with Gasteiger partial charge in [-0.05, 0) is 55.9 Å². The SMILES string of the molecule is CC(C)C(=O)N1CCCC1.O=c1c(Cl)c(NCC2CCCOC2)cnn1-c1ccc(O)cc1. The molecule has 180 valence electrons. The van der Waals surface area contributed by atoms with Crippen LogP contribution >= 0.6 is 11.6 Å². The van der Waals surface area contributed by atoms with Gasteiger partial charge in [-0.15, -0.1) is 0 Å². The van der Waals surface area contributed by atoms with Crippen molar-refractivity contribution in [2.24, 2.45) is 11.8 Å². The van der Waals surface area contributed by atoms with E-state index in [9.17, 15) is 14.7 Å². The summed E-state index contributed by atoms with van der Waals surface area (Å²) in [5.74, 6) is 1.04. The van der Waals surface area contributed by atoms with Crippen molar-refractivity contribution in [3.8, 4) is 11.4 Å². The molecule has 33 heavy (non-hydrogen) atoms. The van der Waals surface area contributed by atoms with Crippen molar-refractivity contribution in [3.63, 3.8) is 0 Å². The van der Waals surface area contributed by atoms with Crippen LogP contribution in [0.25, 0.3) is 5.69 Å². The Balaban J connectivity index is 0.000000257.